The first-order chi connectivity index (χ1) is 9.45. The zero-order valence-corrected chi connectivity index (χ0v) is 14.2. The number of morpholine rings is 1. The minimum atomic E-state index is 0.0166. The second-order valence-corrected chi connectivity index (χ2v) is 7.04. The Bertz CT molecular complexity index is 433. The maximum absolute atomic E-state index is 6.45. The largest absolute Gasteiger partial charge is 0.378 e. The third kappa shape index (κ3) is 3.42. The van der Waals surface area contributed by atoms with Crippen molar-refractivity contribution in [2.45, 2.75) is 44.8 Å². The zero-order chi connectivity index (χ0) is 14.8. The quantitative estimate of drug-likeness (QED) is 0.913. The molecule has 20 heavy (non-hydrogen) atoms. The van der Waals surface area contributed by atoms with Crippen molar-refractivity contribution >= 4 is 15.9 Å². The number of hydrogen-bond donors (Lipinski definition) is 1. The lowest BCUT2D eigenvalue weighted by atomic mass is 9.90. The number of hydrogen-bond acceptors (Lipinski definition) is 3. The standard InChI is InChI=1S/C16H25BrN2O/c1-4-14(18)15(12-5-7-13(17)8-6-12)19-9-10-20-11-16(19,2)3/h5-8,14-15H,4,9-11,18H2,1-3H3. The average Bonchev–Trinajstić information content (AvgIpc) is 2.42. The monoisotopic (exact) mass is 340 g/mol. The van der Waals surface area contributed by atoms with Crippen molar-refractivity contribution in [1.29, 1.82) is 0 Å². The summed E-state index contributed by atoms with van der Waals surface area (Å²) in [6.45, 7) is 9.11. The molecular weight excluding hydrogens is 316 g/mol. The molecule has 1 aliphatic heterocycles. The summed E-state index contributed by atoms with van der Waals surface area (Å²) in [5.41, 5.74) is 7.75. The summed E-state index contributed by atoms with van der Waals surface area (Å²) in [6.07, 6.45) is 0.966. The summed E-state index contributed by atoms with van der Waals surface area (Å²) >= 11 is 3.50. The third-order valence-corrected chi connectivity index (χ3v) is 4.66. The van der Waals surface area contributed by atoms with Crippen LogP contribution in [-0.2, 0) is 4.74 Å². The summed E-state index contributed by atoms with van der Waals surface area (Å²) < 4.78 is 6.75. The van der Waals surface area contributed by atoms with Crippen LogP contribution in [0, 0.1) is 0 Å². The van der Waals surface area contributed by atoms with Crippen LogP contribution in [0.1, 0.15) is 38.8 Å². The van der Waals surface area contributed by atoms with Crippen molar-refractivity contribution in [1.82, 2.24) is 4.90 Å². The van der Waals surface area contributed by atoms with Crippen molar-refractivity contribution in [2.75, 3.05) is 19.8 Å². The number of halogens is 1. The number of nitrogens with zero attached hydrogens (tertiary/aromatic N) is 1. The Morgan fingerprint density at radius 1 is 1.35 bits per heavy atom. The summed E-state index contributed by atoms with van der Waals surface area (Å²) in [5.74, 6) is 0. The topological polar surface area (TPSA) is 38.5 Å². The lowest BCUT2D eigenvalue weighted by Crippen LogP contribution is -2.57. The molecule has 2 rings (SSSR count). The first-order valence-electron chi connectivity index (χ1n) is 7.31. The number of nitrogens with two attached hydrogens (primary N) is 1. The lowest BCUT2D eigenvalue weighted by Gasteiger charge is -2.48. The molecular formula is C16H25BrN2O. The molecule has 1 aromatic rings. The molecule has 2 unspecified atom stereocenters. The van der Waals surface area contributed by atoms with Gasteiger partial charge in [-0.05, 0) is 38.0 Å². The lowest BCUT2D eigenvalue weighted by molar-refractivity contribution is -0.0777. The van der Waals surface area contributed by atoms with Crippen molar-refractivity contribution in [3.8, 4) is 0 Å². The van der Waals surface area contributed by atoms with Crippen LogP contribution < -0.4 is 5.73 Å². The molecule has 1 aliphatic rings. The summed E-state index contributed by atoms with van der Waals surface area (Å²) in [6, 6.07) is 8.92. The van der Waals surface area contributed by atoms with E-state index in [-0.39, 0.29) is 17.6 Å². The van der Waals surface area contributed by atoms with Crippen LogP contribution in [-0.4, -0.2) is 36.2 Å². The molecule has 3 nitrogen and oxygen atoms in total. The van der Waals surface area contributed by atoms with Crippen molar-refractivity contribution in [3.63, 3.8) is 0 Å². The van der Waals surface area contributed by atoms with Crippen molar-refractivity contribution in [3.05, 3.63) is 34.3 Å². The van der Waals surface area contributed by atoms with Crippen molar-refractivity contribution < 1.29 is 4.74 Å². The van der Waals surface area contributed by atoms with E-state index in [4.69, 9.17) is 10.5 Å². The molecule has 0 bridgehead atoms. The Balaban J connectivity index is 2.34. The highest BCUT2D eigenvalue weighted by Crippen LogP contribution is 2.33. The van der Waals surface area contributed by atoms with Crippen LogP contribution in [0.4, 0.5) is 0 Å². The number of rotatable bonds is 4. The summed E-state index contributed by atoms with van der Waals surface area (Å²) in [7, 11) is 0. The molecule has 4 heteroatoms. The van der Waals surface area contributed by atoms with E-state index in [1.165, 1.54) is 5.56 Å². The van der Waals surface area contributed by atoms with Gasteiger partial charge in [-0.1, -0.05) is 35.0 Å². The van der Waals surface area contributed by atoms with Gasteiger partial charge in [0, 0.05) is 22.6 Å². The van der Waals surface area contributed by atoms with Gasteiger partial charge >= 0.3 is 0 Å². The number of benzene rings is 1. The summed E-state index contributed by atoms with van der Waals surface area (Å²) in [4.78, 5) is 2.51. The van der Waals surface area contributed by atoms with E-state index in [9.17, 15) is 0 Å². The molecule has 1 saturated heterocycles. The Labute approximate surface area is 130 Å². The van der Waals surface area contributed by atoms with Crippen LogP contribution in [0.2, 0.25) is 0 Å². The zero-order valence-electron chi connectivity index (χ0n) is 12.6. The Morgan fingerprint density at radius 3 is 2.55 bits per heavy atom. The minimum Gasteiger partial charge on any atom is -0.378 e. The van der Waals surface area contributed by atoms with Crippen LogP contribution in [0.3, 0.4) is 0 Å². The van der Waals surface area contributed by atoms with E-state index in [0.717, 1.165) is 30.7 Å². The predicted octanol–water partition coefficient (Wildman–Crippen LogP) is 3.34. The maximum Gasteiger partial charge on any atom is 0.0645 e. The van der Waals surface area contributed by atoms with E-state index in [2.05, 4.69) is 65.9 Å². The Morgan fingerprint density at radius 2 is 2.00 bits per heavy atom. The smallest absolute Gasteiger partial charge is 0.0645 e. The fourth-order valence-corrected chi connectivity index (χ4v) is 3.19. The Hall–Kier alpha value is -0.420. The SMILES string of the molecule is CCC(N)C(c1ccc(Br)cc1)N1CCOCC1(C)C. The molecule has 1 heterocycles. The van der Waals surface area contributed by atoms with Crippen LogP contribution >= 0.6 is 15.9 Å². The fraction of sp³-hybridized carbons (Fsp3) is 0.625. The van der Waals surface area contributed by atoms with Gasteiger partial charge in [-0.25, -0.2) is 0 Å². The van der Waals surface area contributed by atoms with Gasteiger partial charge < -0.3 is 10.5 Å². The molecule has 0 spiro atoms. The normalized spacial score (nSPS) is 22.4. The minimum absolute atomic E-state index is 0.0166. The van der Waals surface area contributed by atoms with Crippen LogP contribution in [0.5, 0.6) is 0 Å². The average molecular weight is 341 g/mol. The highest BCUT2D eigenvalue weighted by atomic mass is 79.9. The molecule has 2 N–H and O–H groups in total. The number of ether oxygens (including phenoxy) is 1. The highest BCUT2D eigenvalue weighted by molar-refractivity contribution is 9.10. The molecule has 1 fully saturated rings. The first kappa shape index (κ1) is 16.0. The second-order valence-electron chi connectivity index (χ2n) is 6.13. The predicted molar refractivity (Wildman–Crippen MR) is 86.8 cm³/mol. The third-order valence-electron chi connectivity index (χ3n) is 4.13. The molecule has 0 aliphatic carbocycles. The van der Waals surface area contributed by atoms with Gasteiger partial charge in [0.15, 0.2) is 0 Å². The van der Waals surface area contributed by atoms with Crippen LogP contribution in [0.15, 0.2) is 28.7 Å². The van der Waals surface area contributed by atoms with E-state index in [1.807, 2.05) is 0 Å². The molecule has 2 atom stereocenters. The van der Waals surface area contributed by atoms with Gasteiger partial charge in [0.05, 0.1) is 19.3 Å². The van der Waals surface area contributed by atoms with Gasteiger partial charge in [-0.2, -0.15) is 0 Å². The van der Waals surface area contributed by atoms with E-state index < -0.39 is 0 Å². The summed E-state index contributed by atoms with van der Waals surface area (Å²) in [5, 5.41) is 0. The molecule has 0 amide bonds. The van der Waals surface area contributed by atoms with E-state index >= 15 is 0 Å². The van der Waals surface area contributed by atoms with E-state index in [0.29, 0.717) is 0 Å². The van der Waals surface area contributed by atoms with Gasteiger partial charge in [0.2, 0.25) is 0 Å². The van der Waals surface area contributed by atoms with Gasteiger partial charge in [-0.3, -0.25) is 4.90 Å². The Kier molecular flexibility index (Phi) is 5.24. The van der Waals surface area contributed by atoms with Gasteiger partial charge in [0.1, 0.15) is 0 Å². The van der Waals surface area contributed by atoms with Gasteiger partial charge in [0.25, 0.3) is 0 Å². The maximum atomic E-state index is 6.45. The van der Waals surface area contributed by atoms with Crippen LogP contribution in [0.25, 0.3) is 0 Å². The molecule has 112 valence electrons. The molecule has 0 radical (unpaired) electrons. The fourth-order valence-electron chi connectivity index (χ4n) is 2.93. The van der Waals surface area contributed by atoms with Crippen molar-refractivity contribution in [2.24, 2.45) is 5.73 Å². The highest BCUT2D eigenvalue weighted by Gasteiger charge is 2.38. The first-order valence-corrected chi connectivity index (χ1v) is 8.10. The molecule has 1 aromatic carbocycles. The van der Waals surface area contributed by atoms with E-state index in [1.54, 1.807) is 0 Å². The molecule has 0 saturated carbocycles. The molecule has 0 aromatic heterocycles. The van der Waals surface area contributed by atoms with Gasteiger partial charge in [-0.15, -0.1) is 0 Å². The second kappa shape index (κ2) is 6.56.